The molecular formula is C21H18N4O. The summed E-state index contributed by atoms with van der Waals surface area (Å²) in [5, 5.41) is 3.85. The number of pyridine rings is 2. The third-order valence-electron chi connectivity index (χ3n) is 4.24. The van der Waals surface area contributed by atoms with Gasteiger partial charge in [0.2, 0.25) is 0 Å². The summed E-state index contributed by atoms with van der Waals surface area (Å²) in [6.45, 7) is 1.30. The number of benzene rings is 1. The molecular weight excluding hydrogens is 324 g/mol. The van der Waals surface area contributed by atoms with E-state index in [1.807, 2.05) is 71.6 Å². The molecule has 0 saturated carbocycles. The maximum absolute atomic E-state index is 12.8. The van der Waals surface area contributed by atoms with Crippen LogP contribution in [0.2, 0.25) is 0 Å². The first kappa shape index (κ1) is 16.0. The van der Waals surface area contributed by atoms with Crippen molar-refractivity contribution in [1.82, 2.24) is 19.9 Å². The highest BCUT2D eigenvalue weighted by Crippen LogP contribution is 2.24. The van der Waals surface area contributed by atoms with Gasteiger partial charge >= 0.3 is 0 Å². The van der Waals surface area contributed by atoms with Gasteiger partial charge in [0.05, 0.1) is 16.8 Å². The number of nitrogens with one attached hydrogen (secondary N) is 1. The minimum Gasteiger partial charge on any atom is -0.353 e. The lowest BCUT2D eigenvalue weighted by Gasteiger charge is -2.11. The fraction of sp³-hybridized carbons (Fsp3) is 0.0952. The number of nitrogens with zero attached hydrogens (tertiary/aromatic N) is 3. The number of aromatic nitrogens is 3. The van der Waals surface area contributed by atoms with Gasteiger partial charge in [0.15, 0.2) is 0 Å². The molecule has 5 heteroatoms. The van der Waals surface area contributed by atoms with Gasteiger partial charge in [-0.1, -0.05) is 18.2 Å². The minimum atomic E-state index is -0.0964. The SMILES string of the molecule is O=C(NCCn1cccc1)c1cc(-c2cccnc2)nc2ccccc12. The quantitative estimate of drug-likeness (QED) is 0.603. The molecule has 5 nitrogen and oxygen atoms in total. The molecule has 0 radical (unpaired) electrons. The van der Waals surface area contributed by atoms with Crippen molar-refractivity contribution in [2.24, 2.45) is 0 Å². The van der Waals surface area contributed by atoms with Crippen molar-refractivity contribution < 1.29 is 4.79 Å². The van der Waals surface area contributed by atoms with Crippen LogP contribution in [0.3, 0.4) is 0 Å². The number of para-hydroxylation sites is 1. The first-order valence-electron chi connectivity index (χ1n) is 8.50. The number of carbonyl (C=O) groups excluding carboxylic acids is 1. The number of hydrogen-bond donors (Lipinski definition) is 1. The van der Waals surface area contributed by atoms with Crippen LogP contribution in [0.4, 0.5) is 0 Å². The average molecular weight is 342 g/mol. The Bertz CT molecular complexity index is 1030. The van der Waals surface area contributed by atoms with E-state index in [9.17, 15) is 4.79 Å². The third-order valence-corrected chi connectivity index (χ3v) is 4.24. The molecule has 0 atom stereocenters. The van der Waals surface area contributed by atoms with E-state index >= 15 is 0 Å². The molecule has 0 spiro atoms. The number of carbonyl (C=O) groups is 1. The van der Waals surface area contributed by atoms with Crippen molar-refractivity contribution in [3.05, 3.63) is 84.9 Å². The van der Waals surface area contributed by atoms with Gasteiger partial charge in [-0.15, -0.1) is 0 Å². The Morgan fingerprint density at radius 3 is 2.69 bits per heavy atom. The van der Waals surface area contributed by atoms with E-state index in [4.69, 9.17) is 0 Å². The van der Waals surface area contributed by atoms with Gasteiger partial charge in [-0.3, -0.25) is 9.78 Å². The van der Waals surface area contributed by atoms with E-state index in [2.05, 4.69) is 15.3 Å². The Labute approximate surface area is 151 Å². The van der Waals surface area contributed by atoms with E-state index in [-0.39, 0.29) is 5.91 Å². The van der Waals surface area contributed by atoms with E-state index in [1.165, 1.54) is 0 Å². The highest BCUT2D eigenvalue weighted by atomic mass is 16.1. The van der Waals surface area contributed by atoms with E-state index in [1.54, 1.807) is 12.4 Å². The maximum Gasteiger partial charge on any atom is 0.252 e. The number of rotatable bonds is 5. The average Bonchev–Trinajstić information content (AvgIpc) is 3.21. The summed E-state index contributed by atoms with van der Waals surface area (Å²) in [6, 6.07) is 17.3. The van der Waals surface area contributed by atoms with Crippen molar-refractivity contribution in [2.75, 3.05) is 6.54 Å². The second kappa shape index (κ2) is 7.19. The fourth-order valence-electron chi connectivity index (χ4n) is 2.94. The number of fused-ring (bicyclic) bond motifs is 1. The smallest absolute Gasteiger partial charge is 0.252 e. The lowest BCUT2D eigenvalue weighted by molar-refractivity contribution is 0.0954. The van der Waals surface area contributed by atoms with E-state index in [0.717, 1.165) is 28.7 Å². The molecule has 0 bridgehead atoms. The predicted molar refractivity (Wildman–Crippen MR) is 102 cm³/mol. The molecule has 0 aliphatic rings. The molecule has 0 unspecified atom stereocenters. The minimum absolute atomic E-state index is 0.0964. The highest BCUT2D eigenvalue weighted by molar-refractivity contribution is 6.07. The summed E-state index contributed by atoms with van der Waals surface area (Å²) < 4.78 is 2.03. The molecule has 128 valence electrons. The first-order valence-corrected chi connectivity index (χ1v) is 8.50. The Hall–Kier alpha value is -3.47. The van der Waals surface area contributed by atoms with Crippen LogP contribution in [0, 0.1) is 0 Å². The molecule has 3 aromatic heterocycles. The first-order chi connectivity index (χ1) is 12.8. The van der Waals surface area contributed by atoms with E-state index < -0.39 is 0 Å². The van der Waals surface area contributed by atoms with Gasteiger partial charge in [0.1, 0.15) is 0 Å². The number of amides is 1. The lowest BCUT2D eigenvalue weighted by atomic mass is 10.0. The lowest BCUT2D eigenvalue weighted by Crippen LogP contribution is -2.27. The maximum atomic E-state index is 12.8. The summed E-state index contributed by atoms with van der Waals surface area (Å²) in [5.74, 6) is -0.0964. The predicted octanol–water partition coefficient (Wildman–Crippen LogP) is 3.53. The van der Waals surface area contributed by atoms with Gasteiger partial charge in [0, 0.05) is 48.8 Å². The summed E-state index contributed by atoms with van der Waals surface area (Å²) >= 11 is 0. The fourth-order valence-corrected chi connectivity index (χ4v) is 2.94. The molecule has 1 aromatic carbocycles. The van der Waals surface area contributed by atoms with Crippen molar-refractivity contribution >= 4 is 16.8 Å². The van der Waals surface area contributed by atoms with Crippen LogP contribution in [0.5, 0.6) is 0 Å². The van der Waals surface area contributed by atoms with Crippen LogP contribution in [0.15, 0.2) is 79.4 Å². The van der Waals surface area contributed by atoms with Gasteiger partial charge in [-0.25, -0.2) is 4.98 Å². The standard InChI is InChI=1S/C21H18N4O/c26-21(23-10-13-25-11-3-4-12-25)18-14-20(16-6-5-9-22-15-16)24-19-8-2-1-7-17(18)19/h1-9,11-12,14-15H,10,13H2,(H,23,26). The Balaban J connectivity index is 1.65. The molecule has 26 heavy (non-hydrogen) atoms. The largest absolute Gasteiger partial charge is 0.353 e. The summed E-state index contributed by atoms with van der Waals surface area (Å²) in [5.41, 5.74) is 3.05. The summed E-state index contributed by atoms with van der Waals surface area (Å²) in [7, 11) is 0. The van der Waals surface area contributed by atoms with Gasteiger partial charge < -0.3 is 9.88 Å². The molecule has 0 saturated heterocycles. The van der Waals surface area contributed by atoms with Crippen LogP contribution in [0.1, 0.15) is 10.4 Å². The summed E-state index contributed by atoms with van der Waals surface area (Å²) in [6.07, 6.45) is 7.44. The topological polar surface area (TPSA) is 59.8 Å². The molecule has 1 N–H and O–H groups in total. The van der Waals surface area contributed by atoms with Crippen LogP contribution in [0.25, 0.3) is 22.2 Å². The molecule has 3 heterocycles. The van der Waals surface area contributed by atoms with Gasteiger partial charge in [-0.05, 0) is 36.4 Å². The monoisotopic (exact) mass is 342 g/mol. The summed E-state index contributed by atoms with van der Waals surface area (Å²) in [4.78, 5) is 21.6. The van der Waals surface area contributed by atoms with Crippen LogP contribution in [-0.2, 0) is 6.54 Å². The second-order valence-corrected chi connectivity index (χ2v) is 5.99. The zero-order valence-electron chi connectivity index (χ0n) is 14.2. The van der Waals surface area contributed by atoms with Crippen LogP contribution in [-0.4, -0.2) is 27.0 Å². The van der Waals surface area contributed by atoms with Gasteiger partial charge in [-0.2, -0.15) is 0 Å². The van der Waals surface area contributed by atoms with Crippen LogP contribution < -0.4 is 5.32 Å². The number of hydrogen-bond acceptors (Lipinski definition) is 3. The van der Waals surface area contributed by atoms with Crippen molar-refractivity contribution in [3.63, 3.8) is 0 Å². The molecule has 4 aromatic rings. The van der Waals surface area contributed by atoms with E-state index in [0.29, 0.717) is 12.1 Å². The van der Waals surface area contributed by atoms with Crippen LogP contribution >= 0.6 is 0 Å². The Morgan fingerprint density at radius 2 is 1.88 bits per heavy atom. The Morgan fingerprint density at radius 1 is 1.04 bits per heavy atom. The van der Waals surface area contributed by atoms with Crippen molar-refractivity contribution in [3.8, 4) is 11.3 Å². The van der Waals surface area contributed by atoms with Crippen molar-refractivity contribution in [2.45, 2.75) is 6.54 Å². The molecule has 1 amide bonds. The third kappa shape index (κ3) is 3.32. The zero-order chi connectivity index (χ0) is 17.8. The Kier molecular flexibility index (Phi) is 4.43. The molecule has 0 aliphatic carbocycles. The second-order valence-electron chi connectivity index (χ2n) is 5.99. The van der Waals surface area contributed by atoms with Crippen molar-refractivity contribution in [1.29, 1.82) is 0 Å². The molecule has 0 fully saturated rings. The highest BCUT2D eigenvalue weighted by Gasteiger charge is 2.13. The molecule has 4 rings (SSSR count). The van der Waals surface area contributed by atoms with Gasteiger partial charge in [0.25, 0.3) is 5.91 Å². The molecule has 0 aliphatic heterocycles. The normalized spacial score (nSPS) is 10.8. The zero-order valence-corrected chi connectivity index (χ0v) is 14.2.